The van der Waals surface area contributed by atoms with Crippen LogP contribution < -0.4 is 5.32 Å². The molecule has 4 heteroatoms. The van der Waals surface area contributed by atoms with Crippen LogP contribution >= 0.6 is 11.6 Å². The summed E-state index contributed by atoms with van der Waals surface area (Å²) in [5.41, 5.74) is 2.56. The smallest absolute Gasteiger partial charge is 0.129 e. The lowest BCUT2D eigenvalue weighted by atomic mass is 9.63. The second-order valence-corrected chi connectivity index (χ2v) is 4.91. The Hall–Kier alpha value is -1.53. The van der Waals surface area contributed by atoms with Gasteiger partial charge in [-0.1, -0.05) is 17.2 Å². The summed E-state index contributed by atoms with van der Waals surface area (Å²) < 4.78 is 0. The summed E-state index contributed by atoms with van der Waals surface area (Å²) in [6, 6.07) is 4.08. The molecule has 0 saturated heterocycles. The first-order valence-electron chi connectivity index (χ1n) is 5.21. The fraction of sp³-hybridized carbons (Fsp3) is 0.333. The Balaban J connectivity index is 1.96. The molecule has 2 aliphatic rings. The summed E-state index contributed by atoms with van der Waals surface area (Å²) in [6.45, 7) is 0.901. The maximum Gasteiger partial charge on any atom is 0.129 e. The Bertz CT molecular complexity index is 520. The highest BCUT2D eigenvalue weighted by molar-refractivity contribution is 6.30. The fourth-order valence-corrected chi connectivity index (χ4v) is 2.82. The molecule has 3 rings (SSSR count). The molecule has 1 aromatic heterocycles. The van der Waals surface area contributed by atoms with Crippen LogP contribution in [0.1, 0.15) is 18.4 Å². The zero-order valence-corrected chi connectivity index (χ0v) is 9.38. The molecule has 1 saturated carbocycles. The number of fused-ring (bicyclic) bond motifs is 2. The molecule has 1 aromatic rings. The molecule has 0 radical (unpaired) electrons. The Morgan fingerprint density at radius 1 is 1.56 bits per heavy atom. The quantitative estimate of drug-likeness (QED) is 0.699. The van der Waals surface area contributed by atoms with Crippen molar-refractivity contribution in [3.8, 4) is 6.07 Å². The summed E-state index contributed by atoms with van der Waals surface area (Å²) in [5.74, 6) is 0.945. The Kier molecular flexibility index (Phi) is 1.95. The molecular formula is C12H10ClN3. The van der Waals surface area contributed by atoms with Crippen LogP contribution in [0.4, 0.5) is 5.82 Å². The standard InChI is InChI=1S/C12H10ClN3/c13-9-3-10-11(15-6-9)16-7-12(10)4-8(5-12)1-2-14/h1,3,6H,4-5,7H2,(H,15,16). The fourth-order valence-electron chi connectivity index (χ4n) is 2.66. The second kappa shape index (κ2) is 3.23. The number of hydrogen-bond acceptors (Lipinski definition) is 3. The van der Waals surface area contributed by atoms with Gasteiger partial charge in [-0.15, -0.1) is 0 Å². The second-order valence-electron chi connectivity index (χ2n) is 4.47. The Labute approximate surface area is 98.8 Å². The maximum atomic E-state index is 8.60. The number of nitriles is 1. The SMILES string of the molecule is N#CC=C1CC2(CNc3ncc(Cl)cc32)C1. The van der Waals surface area contributed by atoms with Crippen molar-refractivity contribution in [3.05, 3.63) is 34.5 Å². The Morgan fingerprint density at radius 2 is 2.38 bits per heavy atom. The first-order valence-corrected chi connectivity index (χ1v) is 5.59. The highest BCUT2D eigenvalue weighted by Crippen LogP contribution is 2.52. The van der Waals surface area contributed by atoms with Crippen LogP contribution in [-0.4, -0.2) is 11.5 Å². The van der Waals surface area contributed by atoms with Crippen molar-refractivity contribution in [2.75, 3.05) is 11.9 Å². The van der Waals surface area contributed by atoms with Crippen molar-refractivity contribution in [1.29, 1.82) is 5.26 Å². The van der Waals surface area contributed by atoms with E-state index in [1.165, 1.54) is 11.1 Å². The van der Waals surface area contributed by atoms with E-state index in [4.69, 9.17) is 16.9 Å². The molecule has 0 amide bonds. The van der Waals surface area contributed by atoms with Crippen LogP contribution in [0.3, 0.4) is 0 Å². The topological polar surface area (TPSA) is 48.7 Å². The molecule has 0 aromatic carbocycles. The van der Waals surface area contributed by atoms with Gasteiger partial charge in [0, 0.05) is 29.8 Å². The number of pyridine rings is 1. The van der Waals surface area contributed by atoms with Gasteiger partial charge >= 0.3 is 0 Å². The lowest BCUT2D eigenvalue weighted by Crippen LogP contribution is -2.37. The van der Waals surface area contributed by atoms with Crippen LogP contribution in [0, 0.1) is 11.3 Å². The number of anilines is 1. The van der Waals surface area contributed by atoms with Crippen molar-refractivity contribution >= 4 is 17.4 Å². The molecule has 1 fully saturated rings. The molecule has 0 unspecified atom stereocenters. The van der Waals surface area contributed by atoms with Crippen LogP contribution in [0.15, 0.2) is 23.9 Å². The molecule has 2 heterocycles. The predicted octanol–water partition coefficient (Wildman–Crippen LogP) is 2.64. The molecule has 1 aliphatic carbocycles. The molecule has 1 spiro atoms. The van der Waals surface area contributed by atoms with Gasteiger partial charge in [0.2, 0.25) is 0 Å². The largest absolute Gasteiger partial charge is 0.369 e. The van der Waals surface area contributed by atoms with E-state index in [0.29, 0.717) is 5.02 Å². The van der Waals surface area contributed by atoms with Gasteiger partial charge in [0.1, 0.15) is 5.82 Å². The van der Waals surface area contributed by atoms with Gasteiger partial charge in [-0.3, -0.25) is 0 Å². The van der Waals surface area contributed by atoms with Crippen molar-refractivity contribution in [2.45, 2.75) is 18.3 Å². The summed E-state index contributed by atoms with van der Waals surface area (Å²) in [4.78, 5) is 4.28. The highest BCUT2D eigenvalue weighted by atomic mass is 35.5. The highest BCUT2D eigenvalue weighted by Gasteiger charge is 2.47. The first-order chi connectivity index (χ1) is 7.73. The van der Waals surface area contributed by atoms with Crippen LogP contribution in [-0.2, 0) is 5.41 Å². The van der Waals surface area contributed by atoms with Crippen molar-refractivity contribution in [1.82, 2.24) is 4.98 Å². The van der Waals surface area contributed by atoms with Crippen molar-refractivity contribution < 1.29 is 0 Å². The first kappa shape index (κ1) is 9.68. The van der Waals surface area contributed by atoms with Gasteiger partial charge in [0.15, 0.2) is 0 Å². The molecule has 0 bridgehead atoms. The third-order valence-corrected chi connectivity index (χ3v) is 3.63. The van der Waals surface area contributed by atoms with E-state index in [0.717, 1.165) is 25.2 Å². The van der Waals surface area contributed by atoms with Crippen LogP contribution in [0.5, 0.6) is 0 Å². The number of allylic oxidation sites excluding steroid dienone is 2. The average molecular weight is 232 g/mol. The Morgan fingerprint density at radius 3 is 3.12 bits per heavy atom. The lowest BCUT2D eigenvalue weighted by molar-refractivity contribution is 0.366. The average Bonchev–Trinajstić information content (AvgIpc) is 2.57. The van der Waals surface area contributed by atoms with Gasteiger partial charge in [-0.25, -0.2) is 4.98 Å². The molecule has 3 nitrogen and oxygen atoms in total. The van der Waals surface area contributed by atoms with Crippen LogP contribution in [0.2, 0.25) is 5.02 Å². The molecular weight excluding hydrogens is 222 g/mol. The summed E-state index contributed by atoms with van der Waals surface area (Å²) in [6.07, 6.45) is 5.21. The van der Waals surface area contributed by atoms with Gasteiger partial charge in [-0.05, 0) is 18.9 Å². The van der Waals surface area contributed by atoms with Gasteiger partial charge in [0.25, 0.3) is 0 Å². The molecule has 1 aliphatic heterocycles. The van der Waals surface area contributed by atoms with Crippen LogP contribution in [0.25, 0.3) is 0 Å². The number of nitrogens with one attached hydrogen (secondary N) is 1. The van der Waals surface area contributed by atoms with E-state index in [2.05, 4.69) is 16.4 Å². The van der Waals surface area contributed by atoms with Crippen molar-refractivity contribution in [3.63, 3.8) is 0 Å². The lowest BCUT2D eigenvalue weighted by Gasteiger charge is -2.40. The summed E-state index contributed by atoms with van der Waals surface area (Å²) in [5, 5.41) is 12.6. The van der Waals surface area contributed by atoms with E-state index in [-0.39, 0.29) is 5.41 Å². The van der Waals surface area contributed by atoms with Gasteiger partial charge in [0.05, 0.1) is 11.1 Å². The molecule has 1 N–H and O–H groups in total. The monoisotopic (exact) mass is 231 g/mol. The van der Waals surface area contributed by atoms with Crippen molar-refractivity contribution in [2.24, 2.45) is 0 Å². The van der Waals surface area contributed by atoms with E-state index in [1.54, 1.807) is 12.3 Å². The zero-order valence-electron chi connectivity index (χ0n) is 8.63. The maximum absolute atomic E-state index is 8.60. The summed E-state index contributed by atoms with van der Waals surface area (Å²) in [7, 11) is 0. The van der Waals surface area contributed by atoms with Gasteiger partial charge < -0.3 is 5.32 Å². The van der Waals surface area contributed by atoms with E-state index in [9.17, 15) is 0 Å². The normalized spacial score (nSPS) is 25.6. The number of rotatable bonds is 0. The minimum atomic E-state index is 0.135. The molecule has 16 heavy (non-hydrogen) atoms. The van der Waals surface area contributed by atoms with Gasteiger partial charge in [-0.2, -0.15) is 5.26 Å². The van der Waals surface area contributed by atoms with E-state index >= 15 is 0 Å². The number of aromatic nitrogens is 1. The minimum Gasteiger partial charge on any atom is -0.369 e. The minimum absolute atomic E-state index is 0.135. The molecule has 80 valence electrons. The molecule has 0 atom stereocenters. The zero-order chi connectivity index (χ0) is 11.2. The summed E-state index contributed by atoms with van der Waals surface area (Å²) >= 11 is 5.97. The number of nitrogens with zero attached hydrogens (tertiary/aromatic N) is 2. The van der Waals surface area contributed by atoms with E-state index < -0.39 is 0 Å². The third-order valence-electron chi connectivity index (χ3n) is 3.42. The number of hydrogen-bond donors (Lipinski definition) is 1. The predicted molar refractivity (Wildman–Crippen MR) is 62.3 cm³/mol. The third kappa shape index (κ3) is 1.23. The number of halogens is 1. The van der Waals surface area contributed by atoms with E-state index in [1.807, 2.05) is 6.07 Å².